The van der Waals surface area contributed by atoms with Crippen molar-refractivity contribution in [2.24, 2.45) is 0 Å². The highest BCUT2D eigenvalue weighted by molar-refractivity contribution is 5.35. The van der Waals surface area contributed by atoms with E-state index in [1.54, 1.807) is 0 Å². The molecule has 0 amide bonds. The van der Waals surface area contributed by atoms with Gasteiger partial charge < -0.3 is 15.2 Å². The van der Waals surface area contributed by atoms with E-state index in [9.17, 15) is 18.3 Å². The van der Waals surface area contributed by atoms with Gasteiger partial charge in [0.2, 0.25) is 0 Å². The topological polar surface area (TPSA) is 41.5 Å². The number of aryl methyl sites for hydroxylation is 2. The lowest BCUT2D eigenvalue weighted by atomic mass is 10.1. The Hall–Kier alpha value is -1.27. The van der Waals surface area contributed by atoms with Crippen molar-refractivity contribution in [3.63, 3.8) is 0 Å². The van der Waals surface area contributed by atoms with Crippen LogP contribution >= 0.6 is 0 Å². The Morgan fingerprint density at radius 2 is 2.00 bits per heavy atom. The summed E-state index contributed by atoms with van der Waals surface area (Å²) in [6, 6.07) is 5.69. The first-order valence-electron chi connectivity index (χ1n) is 6.93. The van der Waals surface area contributed by atoms with Crippen LogP contribution in [0.5, 0.6) is 5.75 Å². The number of alkyl halides is 3. The Bertz CT molecular complexity index is 498. The molecule has 1 aliphatic rings. The number of halogens is 3. The minimum Gasteiger partial charge on any atom is -0.491 e. The monoisotopic (exact) mass is 303 g/mol. The van der Waals surface area contributed by atoms with E-state index in [0.717, 1.165) is 11.1 Å². The van der Waals surface area contributed by atoms with Crippen molar-refractivity contribution >= 4 is 0 Å². The molecule has 0 saturated heterocycles. The zero-order valence-electron chi connectivity index (χ0n) is 12.1. The smallest absolute Gasteiger partial charge is 0.406 e. The molecule has 1 aliphatic carbocycles. The number of ether oxygens (including phenoxy) is 1. The van der Waals surface area contributed by atoms with E-state index in [2.05, 4.69) is 5.32 Å². The summed E-state index contributed by atoms with van der Waals surface area (Å²) in [5.41, 5.74) is 0.152. The fraction of sp³-hybridized carbons (Fsp3) is 0.600. The van der Waals surface area contributed by atoms with Gasteiger partial charge in [-0.25, -0.2) is 0 Å². The van der Waals surface area contributed by atoms with Crippen LogP contribution in [0.15, 0.2) is 18.2 Å². The van der Waals surface area contributed by atoms with E-state index < -0.39 is 17.8 Å². The van der Waals surface area contributed by atoms with Crippen LogP contribution < -0.4 is 10.1 Å². The molecule has 6 heteroatoms. The summed E-state index contributed by atoms with van der Waals surface area (Å²) in [6.45, 7) is 3.63. The third-order valence-corrected chi connectivity index (χ3v) is 3.74. The molecule has 3 nitrogen and oxygen atoms in total. The molecule has 2 N–H and O–H groups in total. The second kappa shape index (κ2) is 5.85. The molecule has 0 spiro atoms. The van der Waals surface area contributed by atoms with Crippen LogP contribution in [0.4, 0.5) is 13.2 Å². The highest BCUT2D eigenvalue weighted by Gasteiger charge is 2.63. The Morgan fingerprint density at radius 3 is 2.57 bits per heavy atom. The number of aliphatic hydroxyl groups excluding tert-OH is 1. The molecule has 1 unspecified atom stereocenters. The predicted molar refractivity (Wildman–Crippen MR) is 73.4 cm³/mol. The fourth-order valence-corrected chi connectivity index (χ4v) is 2.11. The Kier molecular flexibility index (Phi) is 4.49. The lowest BCUT2D eigenvalue weighted by Gasteiger charge is -2.22. The maximum absolute atomic E-state index is 12.7. The first-order valence-corrected chi connectivity index (χ1v) is 6.93. The van der Waals surface area contributed by atoms with Crippen molar-refractivity contribution in [3.05, 3.63) is 29.3 Å². The first-order chi connectivity index (χ1) is 9.73. The maximum atomic E-state index is 12.7. The van der Waals surface area contributed by atoms with Gasteiger partial charge in [0, 0.05) is 6.54 Å². The molecule has 0 bridgehead atoms. The van der Waals surface area contributed by atoms with Crippen LogP contribution in [0.1, 0.15) is 24.0 Å². The predicted octanol–water partition coefficient (Wildman–Crippen LogP) is 2.73. The summed E-state index contributed by atoms with van der Waals surface area (Å²) < 4.78 is 43.6. The summed E-state index contributed by atoms with van der Waals surface area (Å²) in [5.74, 6) is 0.644. The largest absolute Gasteiger partial charge is 0.491 e. The van der Waals surface area contributed by atoms with Crippen LogP contribution in [-0.4, -0.2) is 36.1 Å². The van der Waals surface area contributed by atoms with Gasteiger partial charge >= 0.3 is 6.18 Å². The summed E-state index contributed by atoms with van der Waals surface area (Å²) in [4.78, 5) is 0. The lowest BCUT2D eigenvalue weighted by Crippen LogP contribution is -2.48. The molecule has 1 atom stereocenters. The quantitative estimate of drug-likeness (QED) is 0.849. The van der Waals surface area contributed by atoms with Crippen LogP contribution in [0.3, 0.4) is 0 Å². The highest BCUT2D eigenvalue weighted by atomic mass is 19.4. The van der Waals surface area contributed by atoms with E-state index >= 15 is 0 Å². The molecule has 2 rings (SSSR count). The standard InChI is InChI=1S/C15H20F3NO2/c1-10-3-4-11(2)13(7-10)21-9-12(20)8-19-14(5-6-14)15(16,17)18/h3-4,7,12,19-20H,5-6,8-9H2,1-2H3. The summed E-state index contributed by atoms with van der Waals surface area (Å²) in [5, 5.41) is 12.2. The molecule has 0 aliphatic heterocycles. The zero-order valence-corrected chi connectivity index (χ0v) is 12.1. The molecule has 0 radical (unpaired) electrons. The van der Waals surface area contributed by atoms with Gasteiger partial charge in [0.1, 0.15) is 24.0 Å². The van der Waals surface area contributed by atoms with E-state index in [0.29, 0.717) is 5.75 Å². The Balaban J connectivity index is 1.80. The average molecular weight is 303 g/mol. The number of hydrogen-bond donors (Lipinski definition) is 2. The lowest BCUT2D eigenvalue weighted by molar-refractivity contribution is -0.166. The van der Waals surface area contributed by atoms with Crippen LogP contribution in [0, 0.1) is 13.8 Å². The summed E-state index contributed by atoms with van der Waals surface area (Å²) >= 11 is 0. The normalized spacial score (nSPS) is 18.4. The fourth-order valence-electron chi connectivity index (χ4n) is 2.11. The van der Waals surface area contributed by atoms with Gasteiger partial charge in [0.15, 0.2) is 0 Å². The van der Waals surface area contributed by atoms with Gasteiger partial charge in [-0.05, 0) is 43.9 Å². The molecular formula is C15H20F3NO2. The SMILES string of the molecule is Cc1ccc(C)c(OCC(O)CNC2(C(F)(F)F)CC2)c1. The molecule has 1 aromatic rings. The van der Waals surface area contributed by atoms with Gasteiger partial charge in [-0.1, -0.05) is 12.1 Å². The number of nitrogens with one attached hydrogen (secondary N) is 1. The van der Waals surface area contributed by atoms with E-state index in [1.807, 2.05) is 32.0 Å². The van der Waals surface area contributed by atoms with Gasteiger partial charge in [-0.15, -0.1) is 0 Å². The van der Waals surface area contributed by atoms with Gasteiger partial charge in [0.05, 0.1) is 0 Å². The minimum absolute atomic E-state index is 0.0365. The van der Waals surface area contributed by atoms with Crippen molar-refractivity contribution in [1.29, 1.82) is 0 Å². The molecule has 21 heavy (non-hydrogen) atoms. The molecule has 1 fully saturated rings. The number of benzene rings is 1. The third kappa shape index (κ3) is 3.89. The average Bonchev–Trinajstić information content (AvgIpc) is 3.18. The Labute approximate surface area is 122 Å². The van der Waals surface area contributed by atoms with Crippen molar-refractivity contribution in [1.82, 2.24) is 5.32 Å². The van der Waals surface area contributed by atoms with Crippen LogP contribution in [-0.2, 0) is 0 Å². The van der Waals surface area contributed by atoms with Crippen molar-refractivity contribution < 1.29 is 23.0 Å². The summed E-state index contributed by atoms with van der Waals surface area (Å²) in [6.07, 6.45) is -5.10. The molecule has 1 saturated carbocycles. The van der Waals surface area contributed by atoms with Crippen molar-refractivity contribution in [3.8, 4) is 5.75 Å². The van der Waals surface area contributed by atoms with Crippen LogP contribution in [0.25, 0.3) is 0 Å². The zero-order chi connectivity index (χ0) is 15.7. The molecule has 118 valence electrons. The minimum atomic E-state index is -4.26. The molecule has 0 heterocycles. The van der Waals surface area contributed by atoms with Gasteiger partial charge in [0.25, 0.3) is 0 Å². The van der Waals surface area contributed by atoms with E-state index in [4.69, 9.17) is 4.74 Å². The number of rotatable bonds is 6. The first kappa shape index (κ1) is 16.1. The van der Waals surface area contributed by atoms with E-state index in [1.165, 1.54) is 0 Å². The van der Waals surface area contributed by atoms with E-state index in [-0.39, 0.29) is 26.0 Å². The maximum Gasteiger partial charge on any atom is 0.406 e. The second-order valence-electron chi connectivity index (χ2n) is 5.69. The van der Waals surface area contributed by atoms with Crippen molar-refractivity contribution in [2.75, 3.05) is 13.2 Å². The molecule has 1 aromatic carbocycles. The summed E-state index contributed by atoms with van der Waals surface area (Å²) in [7, 11) is 0. The molecule has 0 aromatic heterocycles. The van der Waals surface area contributed by atoms with Gasteiger partial charge in [-0.3, -0.25) is 0 Å². The Morgan fingerprint density at radius 1 is 1.33 bits per heavy atom. The van der Waals surface area contributed by atoms with Gasteiger partial charge in [-0.2, -0.15) is 13.2 Å². The second-order valence-corrected chi connectivity index (χ2v) is 5.69. The van der Waals surface area contributed by atoms with Crippen molar-refractivity contribution in [2.45, 2.75) is 44.5 Å². The molecular weight excluding hydrogens is 283 g/mol. The van der Waals surface area contributed by atoms with Crippen LogP contribution in [0.2, 0.25) is 0 Å². The number of aliphatic hydroxyl groups is 1. The third-order valence-electron chi connectivity index (χ3n) is 3.74. The number of hydrogen-bond acceptors (Lipinski definition) is 3. The highest BCUT2D eigenvalue weighted by Crippen LogP contribution is 2.48. The number of β-amino-alcohol motifs (C(OH)–C–C–N with tert-alkyl or cyclic N) is 1.